The number of rotatable bonds is 11. The van der Waals surface area contributed by atoms with Crippen molar-refractivity contribution in [3.63, 3.8) is 0 Å². The Morgan fingerprint density at radius 3 is 2.72 bits per heavy atom. The number of hydrogen-bond acceptors (Lipinski definition) is 7. The highest BCUT2D eigenvalue weighted by Gasteiger charge is 2.13. The fraction of sp³-hybridized carbons (Fsp3) is 0.357. The van der Waals surface area contributed by atoms with Crippen molar-refractivity contribution < 1.29 is 14.2 Å². The largest absolute Gasteiger partial charge is 0.497 e. The van der Waals surface area contributed by atoms with Crippen LogP contribution in [0.1, 0.15) is 16.8 Å². The van der Waals surface area contributed by atoms with Crippen LogP contribution in [0.3, 0.4) is 0 Å². The molecule has 0 bridgehead atoms. The minimum absolute atomic E-state index is 0.491. The lowest BCUT2D eigenvalue weighted by Crippen LogP contribution is -2.38. The molecule has 0 aliphatic carbocycles. The second kappa shape index (κ2) is 12.0. The van der Waals surface area contributed by atoms with E-state index in [1.807, 2.05) is 18.3 Å². The van der Waals surface area contributed by atoms with Gasteiger partial charge in [0.2, 0.25) is 0 Å². The molecule has 188 valence electrons. The number of fused-ring (bicyclic) bond motifs is 1. The van der Waals surface area contributed by atoms with Gasteiger partial charge in [0.05, 0.1) is 56.6 Å². The number of pyridine rings is 1. The molecular weight excluding hydrogens is 454 g/mol. The van der Waals surface area contributed by atoms with E-state index in [0.717, 1.165) is 74.1 Å². The first kappa shape index (κ1) is 24.2. The van der Waals surface area contributed by atoms with Crippen LogP contribution in [0.4, 0.5) is 5.69 Å². The second-order valence-corrected chi connectivity index (χ2v) is 8.97. The molecule has 5 rings (SSSR count). The minimum Gasteiger partial charge on any atom is -0.497 e. The number of nitrogens with zero attached hydrogens (tertiary/aromatic N) is 4. The summed E-state index contributed by atoms with van der Waals surface area (Å²) < 4.78 is 16.8. The van der Waals surface area contributed by atoms with E-state index in [1.54, 1.807) is 13.4 Å². The van der Waals surface area contributed by atoms with Crippen molar-refractivity contribution in [2.24, 2.45) is 0 Å². The standard InChI is InChI=1S/C28H33N5O3/c1-34-26-4-2-3-22(15-26)18-33(19-23-5-6-27-28(16-23)31-21-30-27)25-7-8-29-24(17-25)20-36-14-11-32-9-12-35-13-10-32/h2-8,15-17,21H,9-14,18-20H2,1H3,(H,30,31). The zero-order valence-electron chi connectivity index (χ0n) is 20.7. The van der Waals surface area contributed by atoms with E-state index in [1.165, 1.54) is 11.1 Å². The molecule has 2 aromatic carbocycles. The number of ether oxygens (including phenoxy) is 3. The average Bonchev–Trinajstić information content (AvgIpc) is 3.40. The Kier molecular flexibility index (Phi) is 8.07. The summed E-state index contributed by atoms with van der Waals surface area (Å²) in [6.45, 7) is 7.13. The summed E-state index contributed by atoms with van der Waals surface area (Å²) in [7, 11) is 1.70. The van der Waals surface area contributed by atoms with E-state index in [2.05, 4.69) is 67.2 Å². The van der Waals surface area contributed by atoms with Gasteiger partial charge in [-0.2, -0.15) is 0 Å². The third-order valence-corrected chi connectivity index (χ3v) is 6.44. The maximum atomic E-state index is 5.97. The van der Waals surface area contributed by atoms with Crippen molar-refractivity contribution in [1.82, 2.24) is 19.9 Å². The fourth-order valence-corrected chi connectivity index (χ4v) is 4.47. The lowest BCUT2D eigenvalue weighted by atomic mass is 10.1. The molecule has 1 aliphatic rings. The highest BCUT2D eigenvalue weighted by atomic mass is 16.5. The molecule has 1 N–H and O–H groups in total. The predicted octanol–water partition coefficient (Wildman–Crippen LogP) is 4.02. The molecule has 0 atom stereocenters. The second-order valence-electron chi connectivity index (χ2n) is 8.97. The van der Waals surface area contributed by atoms with E-state index in [-0.39, 0.29) is 0 Å². The molecule has 8 nitrogen and oxygen atoms in total. The van der Waals surface area contributed by atoms with Gasteiger partial charge in [0, 0.05) is 44.6 Å². The molecule has 0 amide bonds. The number of aromatic amines is 1. The normalized spacial score (nSPS) is 14.2. The van der Waals surface area contributed by atoms with Crippen LogP contribution in [0, 0.1) is 0 Å². The van der Waals surface area contributed by atoms with Gasteiger partial charge in [-0.3, -0.25) is 9.88 Å². The lowest BCUT2D eigenvalue weighted by Gasteiger charge is -2.26. The Morgan fingerprint density at radius 2 is 1.86 bits per heavy atom. The molecule has 8 heteroatoms. The molecular formula is C28H33N5O3. The van der Waals surface area contributed by atoms with E-state index in [9.17, 15) is 0 Å². The number of anilines is 1. The Hall–Kier alpha value is -3.46. The first-order valence-corrected chi connectivity index (χ1v) is 12.4. The van der Waals surface area contributed by atoms with E-state index in [4.69, 9.17) is 14.2 Å². The topological polar surface area (TPSA) is 75.7 Å². The van der Waals surface area contributed by atoms with Crippen LogP contribution < -0.4 is 9.64 Å². The van der Waals surface area contributed by atoms with Crippen LogP contribution in [0.15, 0.2) is 67.1 Å². The Bertz CT molecular complexity index is 1250. The Balaban J connectivity index is 1.30. The molecule has 4 aromatic rings. The zero-order chi connectivity index (χ0) is 24.6. The molecule has 1 saturated heterocycles. The number of methoxy groups -OCH3 is 1. The molecule has 1 fully saturated rings. The van der Waals surface area contributed by atoms with Crippen molar-refractivity contribution in [1.29, 1.82) is 0 Å². The van der Waals surface area contributed by atoms with Crippen molar-refractivity contribution in [3.05, 3.63) is 83.9 Å². The molecule has 0 spiro atoms. The fourth-order valence-electron chi connectivity index (χ4n) is 4.47. The Morgan fingerprint density at radius 1 is 1.00 bits per heavy atom. The highest BCUT2D eigenvalue weighted by molar-refractivity contribution is 5.75. The summed E-state index contributed by atoms with van der Waals surface area (Å²) >= 11 is 0. The summed E-state index contributed by atoms with van der Waals surface area (Å²) in [5.41, 5.74) is 6.42. The van der Waals surface area contributed by atoms with E-state index >= 15 is 0 Å². The number of benzene rings is 2. The lowest BCUT2D eigenvalue weighted by molar-refractivity contribution is 0.0177. The maximum absolute atomic E-state index is 5.97. The van der Waals surface area contributed by atoms with Crippen LogP contribution in [0.2, 0.25) is 0 Å². The van der Waals surface area contributed by atoms with Crippen molar-refractivity contribution in [3.8, 4) is 5.75 Å². The van der Waals surface area contributed by atoms with Gasteiger partial charge in [0.15, 0.2) is 0 Å². The molecule has 2 aromatic heterocycles. The highest BCUT2D eigenvalue weighted by Crippen LogP contribution is 2.24. The number of aromatic nitrogens is 3. The molecule has 36 heavy (non-hydrogen) atoms. The molecule has 3 heterocycles. The summed E-state index contributed by atoms with van der Waals surface area (Å²) in [5, 5.41) is 0. The number of nitrogens with one attached hydrogen (secondary N) is 1. The first-order chi connectivity index (χ1) is 17.8. The van der Waals surface area contributed by atoms with Gasteiger partial charge in [-0.05, 0) is 47.5 Å². The summed E-state index contributed by atoms with van der Waals surface area (Å²) in [6.07, 6.45) is 3.60. The summed E-state index contributed by atoms with van der Waals surface area (Å²) in [5.74, 6) is 0.857. The smallest absolute Gasteiger partial charge is 0.119 e. The Labute approximate surface area is 211 Å². The van der Waals surface area contributed by atoms with Crippen molar-refractivity contribution >= 4 is 16.7 Å². The van der Waals surface area contributed by atoms with E-state index in [0.29, 0.717) is 13.2 Å². The third-order valence-electron chi connectivity index (χ3n) is 6.44. The van der Waals surface area contributed by atoms with Crippen LogP contribution in [0.25, 0.3) is 11.0 Å². The van der Waals surface area contributed by atoms with Gasteiger partial charge in [-0.15, -0.1) is 0 Å². The van der Waals surface area contributed by atoms with Gasteiger partial charge in [0.25, 0.3) is 0 Å². The SMILES string of the molecule is COc1cccc(CN(Cc2ccc3nc[nH]c3c2)c2ccnc(COCCN3CCOCC3)c2)c1. The molecule has 0 unspecified atom stereocenters. The summed E-state index contributed by atoms with van der Waals surface area (Å²) in [4.78, 5) is 16.9. The van der Waals surface area contributed by atoms with Crippen LogP contribution in [-0.4, -0.2) is 66.4 Å². The first-order valence-electron chi connectivity index (χ1n) is 12.4. The quantitative estimate of drug-likeness (QED) is 0.320. The number of hydrogen-bond donors (Lipinski definition) is 1. The maximum Gasteiger partial charge on any atom is 0.119 e. The van der Waals surface area contributed by atoms with Gasteiger partial charge in [-0.1, -0.05) is 18.2 Å². The van der Waals surface area contributed by atoms with Crippen LogP contribution in [0.5, 0.6) is 5.75 Å². The minimum atomic E-state index is 0.491. The van der Waals surface area contributed by atoms with Crippen LogP contribution >= 0.6 is 0 Å². The predicted molar refractivity (Wildman–Crippen MR) is 140 cm³/mol. The average molecular weight is 488 g/mol. The number of H-pyrrole nitrogens is 1. The monoisotopic (exact) mass is 487 g/mol. The molecule has 0 saturated carbocycles. The van der Waals surface area contributed by atoms with Gasteiger partial charge < -0.3 is 24.1 Å². The van der Waals surface area contributed by atoms with Gasteiger partial charge in [0.1, 0.15) is 5.75 Å². The zero-order valence-corrected chi connectivity index (χ0v) is 20.7. The summed E-state index contributed by atoms with van der Waals surface area (Å²) in [6, 6.07) is 18.8. The van der Waals surface area contributed by atoms with Gasteiger partial charge >= 0.3 is 0 Å². The number of morpholine rings is 1. The van der Waals surface area contributed by atoms with E-state index < -0.39 is 0 Å². The molecule has 0 radical (unpaired) electrons. The van der Waals surface area contributed by atoms with Crippen LogP contribution in [-0.2, 0) is 29.2 Å². The number of imidazole rings is 1. The van der Waals surface area contributed by atoms with Crippen molar-refractivity contribution in [2.75, 3.05) is 51.5 Å². The van der Waals surface area contributed by atoms with Gasteiger partial charge in [-0.25, -0.2) is 4.98 Å². The molecule has 1 aliphatic heterocycles. The third kappa shape index (κ3) is 6.40. The van der Waals surface area contributed by atoms with Crippen molar-refractivity contribution in [2.45, 2.75) is 19.7 Å².